The van der Waals surface area contributed by atoms with Crippen LogP contribution < -0.4 is 4.74 Å². The Kier molecular flexibility index (Phi) is 5.18. The summed E-state index contributed by atoms with van der Waals surface area (Å²) in [5, 5.41) is 11.1. The summed E-state index contributed by atoms with van der Waals surface area (Å²) < 4.78 is 5.85. The predicted octanol–water partition coefficient (Wildman–Crippen LogP) is 2.78. The van der Waals surface area contributed by atoms with E-state index in [1.165, 1.54) is 21.2 Å². The average molecular weight is 572 g/mol. The summed E-state index contributed by atoms with van der Waals surface area (Å²) in [5.41, 5.74) is 0.845. The molecule has 6 unspecified atom stereocenters. The first kappa shape index (κ1) is 23.6. The van der Waals surface area contributed by atoms with Crippen molar-refractivity contribution in [3.8, 4) is 11.5 Å². The number of ether oxygens (including phenoxy) is 1. The molecular weight excluding hydrogens is 551 g/mol. The van der Waals surface area contributed by atoms with Crippen LogP contribution in [-0.4, -0.2) is 69.5 Å². The maximum atomic E-state index is 13.5. The van der Waals surface area contributed by atoms with Crippen LogP contribution in [-0.2, 0) is 19.2 Å². The van der Waals surface area contributed by atoms with E-state index in [0.29, 0.717) is 10.0 Å². The van der Waals surface area contributed by atoms with Gasteiger partial charge < -0.3 is 9.84 Å². The number of allylic oxidation sites excluding steroid dienone is 2. The second kappa shape index (κ2) is 7.45. The maximum Gasteiger partial charge on any atom is 0.253 e. The van der Waals surface area contributed by atoms with E-state index < -0.39 is 45.2 Å². The summed E-state index contributed by atoms with van der Waals surface area (Å²) in [6.07, 6.45) is 1.99. The van der Waals surface area contributed by atoms with Crippen LogP contribution in [0, 0.1) is 17.8 Å². The molecule has 1 N–H and O–H groups in total. The third-order valence-corrected chi connectivity index (χ3v) is 9.71. The quantitative estimate of drug-likeness (QED) is 0.332. The maximum absolute atomic E-state index is 13.5. The summed E-state index contributed by atoms with van der Waals surface area (Å²) in [7, 11) is 4.14. The number of imide groups is 2. The molecule has 0 aromatic heterocycles. The SMILES string of the molecule is COc1cc(Br)cc(C2C3=CCC4C(=O)N(C)C(=O)C4C3CC3(Cl)C(=O)N(C)C(=O)C23Cl)c1O. The first-order chi connectivity index (χ1) is 15.9. The Bertz CT molecular complexity index is 1220. The van der Waals surface area contributed by atoms with E-state index in [0.717, 1.165) is 9.80 Å². The Balaban J connectivity index is 1.80. The van der Waals surface area contributed by atoms with E-state index >= 15 is 0 Å². The first-order valence-corrected chi connectivity index (χ1v) is 12.2. The van der Waals surface area contributed by atoms with Crippen LogP contribution in [0.1, 0.15) is 24.3 Å². The van der Waals surface area contributed by atoms with E-state index in [9.17, 15) is 24.3 Å². The normalized spacial score (nSPS) is 36.9. The first-order valence-electron chi connectivity index (χ1n) is 10.7. The number of benzene rings is 1. The summed E-state index contributed by atoms with van der Waals surface area (Å²) in [4.78, 5) is 50.8. The van der Waals surface area contributed by atoms with E-state index in [1.807, 2.05) is 6.08 Å². The number of carbonyl (C=O) groups is 4. The summed E-state index contributed by atoms with van der Waals surface area (Å²) in [6, 6.07) is 3.16. The largest absolute Gasteiger partial charge is 0.504 e. The molecule has 2 heterocycles. The topological polar surface area (TPSA) is 104 Å². The van der Waals surface area contributed by atoms with Gasteiger partial charge in [-0.2, -0.15) is 0 Å². The summed E-state index contributed by atoms with van der Waals surface area (Å²) >= 11 is 17.5. The molecule has 0 bridgehead atoms. The predicted molar refractivity (Wildman–Crippen MR) is 126 cm³/mol. The van der Waals surface area contributed by atoms with Gasteiger partial charge in [-0.3, -0.25) is 29.0 Å². The number of hydrogen-bond donors (Lipinski definition) is 1. The highest BCUT2D eigenvalue weighted by Gasteiger charge is 2.76. The lowest BCUT2D eigenvalue weighted by molar-refractivity contribution is -0.140. The van der Waals surface area contributed by atoms with Crippen LogP contribution in [0.25, 0.3) is 0 Å². The number of fused-ring (bicyclic) bond motifs is 4. The molecule has 2 aliphatic heterocycles. The smallest absolute Gasteiger partial charge is 0.253 e. The number of hydrogen-bond acceptors (Lipinski definition) is 6. The average Bonchev–Trinajstić information content (AvgIpc) is 3.10. The van der Waals surface area contributed by atoms with Crippen LogP contribution in [0.5, 0.6) is 11.5 Å². The standard InChI is InChI=1S/C23H21BrCl2N2O6/c1-27-18(30)11-5-4-10-13(15(11)19(27)31)8-22(25)20(32)28(2)21(33)23(22,26)16(10)12-6-9(24)7-14(34-3)17(12)29/h4,6-7,11,13,15-16,29H,5,8H2,1-3H3. The van der Waals surface area contributed by atoms with Crippen molar-refractivity contribution < 1.29 is 29.0 Å². The van der Waals surface area contributed by atoms with Gasteiger partial charge in [0.2, 0.25) is 11.8 Å². The molecule has 4 aliphatic rings. The molecule has 5 rings (SSSR count). The number of alkyl halides is 2. The zero-order valence-electron chi connectivity index (χ0n) is 18.5. The third-order valence-electron chi connectivity index (χ3n) is 7.83. The molecule has 1 saturated carbocycles. The molecule has 34 heavy (non-hydrogen) atoms. The van der Waals surface area contributed by atoms with Crippen LogP contribution in [0.2, 0.25) is 0 Å². The van der Waals surface area contributed by atoms with Gasteiger partial charge in [0.05, 0.1) is 18.9 Å². The number of methoxy groups -OCH3 is 1. The number of amides is 4. The van der Waals surface area contributed by atoms with Crippen molar-refractivity contribution in [2.75, 3.05) is 21.2 Å². The van der Waals surface area contributed by atoms with Crippen molar-refractivity contribution in [1.29, 1.82) is 0 Å². The number of phenolic OH excluding ortho intramolecular Hbond substituents is 1. The number of phenols is 1. The van der Waals surface area contributed by atoms with Gasteiger partial charge >= 0.3 is 0 Å². The lowest BCUT2D eigenvalue weighted by atomic mass is 9.56. The minimum Gasteiger partial charge on any atom is -0.504 e. The van der Waals surface area contributed by atoms with Gasteiger partial charge in [0.1, 0.15) is 0 Å². The Morgan fingerprint density at radius 3 is 2.38 bits per heavy atom. The lowest BCUT2D eigenvalue weighted by Gasteiger charge is -2.50. The van der Waals surface area contributed by atoms with Gasteiger partial charge in [0.15, 0.2) is 21.2 Å². The van der Waals surface area contributed by atoms with Gasteiger partial charge in [0, 0.05) is 30.0 Å². The van der Waals surface area contributed by atoms with E-state index in [-0.39, 0.29) is 41.7 Å². The van der Waals surface area contributed by atoms with Crippen molar-refractivity contribution in [3.05, 3.63) is 33.8 Å². The van der Waals surface area contributed by atoms with E-state index in [1.54, 1.807) is 12.1 Å². The fourth-order valence-corrected chi connectivity index (χ4v) is 7.68. The van der Waals surface area contributed by atoms with Crippen LogP contribution >= 0.6 is 39.1 Å². The monoisotopic (exact) mass is 570 g/mol. The summed E-state index contributed by atoms with van der Waals surface area (Å²) in [6.45, 7) is 0. The fraction of sp³-hybridized carbons (Fsp3) is 0.478. The molecule has 11 heteroatoms. The van der Waals surface area contributed by atoms with Crippen molar-refractivity contribution in [2.45, 2.75) is 28.5 Å². The molecule has 6 atom stereocenters. The van der Waals surface area contributed by atoms with E-state index in [4.69, 9.17) is 27.9 Å². The van der Waals surface area contributed by atoms with Gasteiger partial charge in [-0.15, -0.1) is 23.2 Å². The fourth-order valence-electron chi connectivity index (χ4n) is 6.22. The van der Waals surface area contributed by atoms with Crippen molar-refractivity contribution >= 4 is 62.8 Å². The lowest BCUT2D eigenvalue weighted by Crippen LogP contribution is -2.60. The highest BCUT2D eigenvalue weighted by atomic mass is 79.9. The Morgan fingerprint density at radius 1 is 1.06 bits per heavy atom. The van der Waals surface area contributed by atoms with Crippen LogP contribution in [0.3, 0.4) is 0 Å². The third kappa shape index (κ3) is 2.66. The minimum atomic E-state index is -1.96. The molecular formula is C23H21BrCl2N2O6. The second-order valence-corrected chi connectivity index (χ2v) is 11.4. The number of likely N-dealkylation sites (tertiary alicyclic amines) is 2. The van der Waals surface area contributed by atoms with Crippen molar-refractivity contribution in [3.63, 3.8) is 0 Å². The van der Waals surface area contributed by atoms with Crippen molar-refractivity contribution in [1.82, 2.24) is 9.80 Å². The molecule has 1 aromatic carbocycles. The molecule has 1 aromatic rings. The molecule has 8 nitrogen and oxygen atoms in total. The number of halogens is 3. The van der Waals surface area contributed by atoms with E-state index in [2.05, 4.69) is 15.9 Å². The zero-order valence-corrected chi connectivity index (χ0v) is 21.6. The Labute approximate surface area is 213 Å². The number of nitrogens with zero attached hydrogens (tertiary/aromatic N) is 2. The number of carbonyl (C=O) groups excluding carboxylic acids is 4. The molecule has 180 valence electrons. The Morgan fingerprint density at radius 2 is 1.74 bits per heavy atom. The zero-order chi connectivity index (χ0) is 24.9. The van der Waals surface area contributed by atoms with Crippen LogP contribution in [0.15, 0.2) is 28.3 Å². The molecule has 3 fully saturated rings. The summed E-state index contributed by atoms with van der Waals surface area (Å²) in [5.74, 6) is -5.10. The minimum absolute atomic E-state index is 0.0881. The van der Waals surface area contributed by atoms with Gasteiger partial charge in [-0.1, -0.05) is 27.6 Å². The van der Waals surface area contributed by atoms with Gasteiger partial charge in [0.25, 0.3) is 11.8 Å². The molecule has 0 spiro atoms. The Hall–Kier alpha value is -2.10. The van der Waals surface area contributed by atoms with Crippen LogP contribution in [0.4, 0.5) is 0 Å². The highest BCUT2D eigenvalue weighted by molar-refractivity contribution is 9.10. The highest BCUT2D eigenvalue weighted by Crippen LogP contribution is 2.66. The molecule has 4 amide bonds. The van der Waals surface area contributed by atoms with Gasteiger partial charge in [-0.05, 0) is 30.9 Å². The van der Waals surface area contributed by atoms with Gasteiger partial charge in [-0.25, -0.2) is 0 Å². The molecule has 2 aliphatic carbocycles. The van der Waals surface area contributed by atoms with Crippen molar-refractivity contribution in [2.24, 2.45) is 17.8 Å². The molecule has 2 saturated heterocycles. The number of rotatable bonds is 2. The number of aromatic hydroxyl groups is 1. The second-order valence-electron chi connectivity index (χ2n) is 9.28. The molecule has 0 radical (unpaired) electrons.